The third-order valence-corrected chi connectivity index (χ3v) is 4.01. The zero-order valence-corrected chi connectivity index (χ0v) is 14.4. The Kier molecular flexibility index (Phi) is 5.12. The van der Waals surface area contributed by atoms with Crippen LogP contribution in [-0.2, 0) is 6.54 Å². The Morgan fingerprint density at radius 2 is 1.81 bits per heavy atom. The molecule has 112 valence electrons. The van der Waals surface area contributed by atoms with Gasteiger partial charge in [0.25, 0.3) is 0 Å². The van der Waals surface area contributed by atoms with E-state index in [1.54, 1.807) is 14.2 Å². The summed E-state index contributed by atoms with van der Waals surface area (Å²) >= 11 is 3.50. The van der Waals surface area contributed by atoms with Gasteiger partial charge in [-0.25, -0.2) is 0 Å². The smallest absolute Gasteiger partial charge is 0.126 e. The van der Waals surface area contributed by atoms with Crippen LogP contribution < -0.4 is 14.8 Å². The predicted molar refractivity (Wildman–Crippen MR) is 90.5 cm³/mol. The molecule has 0 spiro atoms. The maximum absolute atomic E-state index is 5.46. The first kappa shape index (κ1) is 15.7. The highest BCUT2D eigenvalue weighted by atomic mass is 79.9. The molecule has 0 bridgehead atoms. The molecule has 0 fully saturated rings. The molecule has 0 amide bonds. The van der Waals surface area contributed by atoms with Crippen LogP contribution in [-0.4, -0.2) is 14.2 Å². The molecule has 2 aromatic carbocycles. The zero-order chi connectivity index (χ0) is 15.4. The van der Waals surface area contributed by atoms with Gasteiger partial charge in [-0.15, -0.1) is 0 Å². The van der Waals surface area contributed by atoms with Crippen LogP contribution in [0.5, 0.6) is 11.5 Å². The Balaban J connectivity index is 2.23. The molecule has 2 aromatic rings. The second-order valence-electron chi connectivity index (χ2n) is 4.90. The van der Waals surface area contributed by atoms with Crippen molar-refractivity contribution in [2.24, 2.45) is 0 Å². The number of rotatable bonds is 5. The predicted octanol–water partition coefficient (Wildman–Crippen LogP) is 4.70. The van der Waals surface area contributed by atoms with Crippen molar-refractivity contribution in [3.8, 4) is 11.5 Å². The zero-order valence-electron chi connectivity index (χ0n) is 12.8. The van der Waals surface area contributed by atoms with Gasteiger partial charge in [0.1, 0.15) is 11.5 Å². The first-order chi connectivity index (χ1) is 10.1. The molecule has 0 saturated carbocycles. The van der Waals surface area contributed by atoms with Crippen molar-refractivity contribution in [3.05, 3.63) is 51.5 Å². The Morgan fingerprint density at radius 3 is 2.48 bits per heavy atom. The summed E-state index contributed by atoms with van der Waals surface area (Å²) in [4.78, 5) is 0. The lowest BCUT2D eigenvalue weighted by atomic mass is 10.1. The quantitative estimate of drug-likeness (QED) is 0.848. The van der Waals surface area contributed by atoms with Gasteiger partial charge in [0, 0.05) is 27.8 Å². The third kappa shape index (κ3) is 3.50. The topological polar surface area (TPSA) is 30.5 Å². The van der Waals surface area contributed by atoms with Gasteiger partial charge in [-0.05, 0) is 43.7 Å². The van der Waals surface area contributed by atoms with E-state index in [4.69, 9.17) is 9.47 Å². The van der Waals surface area contributed by atoms with Gasteiger partial charge in [-0.1, -0.05) is 22.0 Å². The monoisotopic (exact) mass is 349 g/mol. The fourth-order valence-electron chi connectivity index (χ4n) is 2.41. The average Bonchev–Trinajstić information content (AvgIpc) is 2.47. The second kappa shape index (κ2) is 6.85. The number of benzene rings is 2. The number of methoxy groups -OCH3 is 2. The number of hydrogen-bond acceptors (Lipinski definition) is 3. The molecule has 0 aromatic heterocycles. The highest BCUT2D eigenvalue weighted by molar-refractivity contribution is 9.10. The Bertz CT molecular complexity index is 641. The standard InChI is InChI=1S/C17H20BrNO2/c1-11-5-7-15(12(2)17(11)21-4)19-10-13-9-14(18)6-8-16(13)20-3/h5-9,19H,10H2,1-4H3. The molecule has 0 heterocycles. The molecule has 3 nitrogen and oxygen atoms in total. The Hall–Kier alpha value is -1.68. The summed E-state index contributed by atoms with van der Waals surface area (Å²) < 4.78 is 11.9. The van der Waals surface area contributed by atoms with Crippen molar-refractivity contribution >= 4 is 21.6 Å². The maximum atomic E-state index is 5.46. The number of aryl methyl sites for hydroxylation is 1. The van der Waals surface area contributed by atoms with Crippen molar-refractivity contribution in [2.45, 2.75) is 20.4 Å². The summed E-state index contributed by atoms with van der Waals surface area (Å²) in [6.07, 6.45) is 0. The summed E-state index contributed by atoms with van der Waals surface area (Å²) in [6.45, 7) is 4.80. The van der Waals surface area contributed by atoms with Gasteiger partial charge < -0.3 is 14.8 Å². The Labute approximate surface area is 134 Å². The first-order valence-electron chi connectivity index (χ1n) is 6.77. The SMILES string of the molecule is COc1ccc(Br)cc1CNc1ccc(C)c(OC)c1C. The van der Waals surface area contributed by atoms with Gasteiger partial charge in [0.05, 0.1) is 14.2 Å². The maximum Gasteiger partial charge on any atom is 0.126 e. The normalized spacial score (nSPS) is 10.3. The van der Waals surface area contributed by atoms with Gasteiger partial charge in [0.15, 0.2) is 0 Å². The molecule has 0 aliphatic rings. The van der Waals surface area contributed by atoms with Crippen LogP contribution in [0.1, 0.15) is 16.7 Å². The van der Waals surface area contributed by atoms with Crippen molar-refractivity contribution < 1.29 is 9.47 Å². The van der Waals surface area contributed by atoms with Crippen LogP contribution in [0, 0.1) is 13.8 Å². The molecule has 2 rings (SSSR count). The summed E-state index contributed by atoms with van der Waals surface area (Å²) in [5.74, 6) is 1.81. The lowest BCUT2D eigenvalue weighted by molar-refractivity contribution is 0.408. The largest absolute Gasteiger partial charge is 0.496 e. The fraction of sp³-hybridized carbons (Fsp3) is 0.294. The van der Waals surface area contributed by atoms with Crippen LogP contribution in [0.2, 0.25) is 0 Å². The van der Waals surface area contributed by atoms with Gasteiger partial charge >= 0.3 is 0 Å². The minimum Gasteiger partial charge on any atom is -0.496 e. The number of halogens is 1. The van der Waals surface area contributed by atoms with Crippen LogP contribution >= 0.6 is 15.9 Å². The molecule has 0 atom stereocenters. The van der Waals surface area contributed by atoms with E-state index in [9.17, 15) is 0 Å². The van der Waals surface area contributed by atoms with Crippen molar-refractivity contribution in [2.75, 3.05) is 19.5 Å². The highest BCUT2D eigenvalue weighted by Crippen LogP contribution is 2.30. The van der Waals surface area contributed by atoms with E-state index in [1.165, 1.54) is 0 Å². The first-order valence-corrected chi connectivity index (χ1v) is 7.56. The summed E-state index contributed by atoms with van der Waals surface area (Å²) in [7, 11) is 3.39. The molecule has 0 aliphatic heterocycles. The van der Waals surface area contributed by atoms with Crippen molar-refractivity contribution in [1.82, 2.24) is 0 Å². The summed E-state index contributed by atoms with van der Waals surface area (Å²) in [5.41, 5.74) is 4.43. The fourth-order valence-corrected chi connectivity index (χ4v) is 2.82. The number of nitrogens with one attached hydrogen (secondary N) is 1. The minimum atomic E-state index is 0.690. The molecule has 0 saturated heterocycles. The van der Waals surface area contributed by atoms with E-state index in [0.717, 1.165) is 38.3 Å². The van der Waals surface area contributed by atoms with E-state index in [2.05, 4.69) is 46.4 Å². The molecule has 1 N–H and O–H groups in total. The van der Waals surface area contributed by atoms with Crippen molar-refractivity contribution in [1.29, 1.82) is 0 Å². The van der Waals surface area contributed by atoms with E-state index in [1.807, 2.05) is 19.1 Å². The Morgan fingerprint density at radius 1 is 1.05 bits per heavy atom. The van der Waals surface area contributed by atoms with Crippen LogP contribution in [0.3, 0.4) is 0 Å². The molecular weight excluding hydrogens is 330 g/mol. The van der Waals surface area contributed by atoms with E-state index in [-0.39, 0.29) is 0 Å². The molecular formula is C17H20BrNO2. The number of anilines is 1. The molecule has 0 radical (unpaired) electrons. The van der Waals surface area contributed by atoms with Gasteiger partial charge in [-0.3, -0.25) is 0 Å². The molecule has 0 unspecified atom stereocenters. The lowest BCUT2D eigenvalue weighted by Crippen LogP contribution is -2.04. The minimum absolute atomic E-state index is 0.690. The van der Waals surface area contributed by atoms with Gasteiger partial charge in [-0.2, -0.15) is 0 Å². The van der Waals surface area contributed by atoms with E-state index >= 15 is 0 Å². The van der Waals surface area contributed by atoms with Gasteiger partial charge in [0.2, 0.25) is 0 Å². The average molecular weight is 350 g/mol. The second-order valence-corrected chi connectivity index (χ2v) is 5.81. The highest BCUT2D eigenvalue weighted by Gasteiger charge is 2.09. The molecule has 0 aliphatic carbocycles. The van der Waals surface area contributed by atoms with Crippen LogP contribution in [0.4, 0.5) is 5.69 Å². The summed E-state index contributed by atoms with van der Waals surface area (Å²) in [5, 5.41) is 3.45. The van der Waals surface area contributed by atoms with Crippen LogP contribution in [0.25, 0.3) is 0 Å². The number of hydrogen-bond donors (Lipinski definition) is 1. The molecule has 4 heteroatoms. The molecule has 21 heavy (non-hydrogen) atoms. The number of ether oxygens (including phenoxy) is 2. The van der Waals surface area contributed by atoms with Crippen LogP contribution in [0.15, 0.2) is 34.8 Å². The van der Waals surface area contributed by atoms with Crippen molar-refractivity contribution in [3.63, 3.8) is 0 Å². The third-order valence-electron chi connectivity index (χ3n) is 3.52. The lowest BCUT2D eigenvalue weighted by Gasteiger charge is -2.16. The summed E-state index contributed by atoms with van der Waals surface area (Å²) in [6, 6.07) is 10.1. The van der Waals surface area contributed by atoms with E-state index in [0.29, 0.717) is 6.54 Å². The van der Waals surface area contributed by atoms with E-state index < -0.39 is 0 Å².